The quantitative estimate of drug-likeness (QED) is 0.404. The Labute approximate surface area is 175 Å². The number of hydrogen-bond acceptors (Lipinski definition) is 4. The Balaban J connectivity index is 2.14. The topological polar surface area (TPSA) is 89.3 Å². The average Bonchev–Trinajstić information content (AvgIpc) is 2.69. The summed E-state index contributed by atoms with van der Waals surface area (Å²) < 4.78 is 0. The second kappa shape index (κ2) is 11.3. The van der Waals surface area contributed by atoms with Crippen LogP contribution in [0.3, 0.4) is 0 Å². The van der Waals surface area contributed by atoms with E-state index in [9.17, 15) is 0 Å². The molecule has 0 aliphatic rings. The van der Waals surface area contributed by atoms with Crippen LogP contribution < -0.4 is 5.73 Å². The van der Waals surface area contributed by atoms with Gasteiger partial charge in [-0.15, -0.1) is 0 Å². The Morgan fingerprint density at radius 1 is 1.00 bits per heavy atom. The summed E-state index contributed by atoms with van der Waals surface area (Å²) in [5.74, 6) is 0.691. The molecule has 0 aliphatic carbocycles. The van der Waals surface area contributed by atoms with Crippen molar-refractivity contribution in [2.45, 2.75) is 25.8 Å². The van der Waals surface area contributed by atoms with Gasteiger partial charge in [0.25, 0.3) is 0 Å². The van der Waals surface area contributed by atoms with Gasteiger partial charge in [0.05, 0.1) is 16.6 Å². The highest BCUT2D eigenvalue weighted by atomic mass is 35.5. The smallest absolute Gasteiger partial charge is 0.106 e. The molecule has 0 saturated carbocycles. The van der Waals surface area contributed by atoms with Crippen molar-refractivity contribution in [1.82, 2.24) is 4.90 Å². The second-order valence-electron chi connectivity index (χ2n) is 6.10. The third-order valence-electron chi connectivity index (χ3n) is 3.98. The summed E-state index contributed by atoms with van der Waals surface area (Å²) >= 11 is 12.1. The van der Waals surface area contributed by atoms with Crippen LogP contribution in [0.5, 0.6) is 0 Å². The zero-order valence-corrected chi connectivity index (χ0v) is 16.9. The van der Waals surface area contributed by atoms with Gasteiger partial charge in [0.2, 0.25) is 0 Å². The van der Waals surface area contributed by atoms with E-state index in [0.717, 1.165) is 11.1 Å². The largest absolute Gasteiger partial charge is 0.403 e. The number of rotatable bonds is 8. The fourth-order valence-electron chi connectivity index (χ4n) is 2.58. The lowest BCUT2D eigenvalue weighted by molar-refractivity contribution is 0.570. The van der Waals surface area contributed by atoms with Crippen molar-refractivity contribution >= 4 is 41.1 Å². The predicted octanol–water partition coefficient (Wildman–Crippen LogP) is 5.27. The number of aliphatic imine (C=N–C) groups is 1. The number of amidine groups is 2. The highest BCUT2D eigenvalue weighted by molar-refractivity contribution is 6.42. The zero-order valence-electron chi connectivity index (χ0n) is 15.4. The van der Waals surface area contributed by atoms with E-state index in [2.05, 4.69) is 4.99 Å². The maximum atomic E-state index is 8.57. The van der Waals surface area contributed by atoms with Gasteiger partial charge < -0.3 is 10.6 Å². The second-order valence-corrected chi connectivity index (χ2v) is 6.92. The van der Waals surface area contributed by atoms with Crippen LogP contribution >= 0.6 is 23.2 Å². The molecule has 2 aromatic rings. The van der Waals surface area contributed by atoms with E-state index in [1.54, 1.807) is 23.2 Å². The summed E-state index contributed by atoms with van der Waals surface area (Å²) in [5.41, 5.74) is 7.16. The number of nitrogens with zero attached hydrogens (tertiary/aromatic N) is 2. The van der Waals surface area contributed by atoms with E-state index in [0.29, 0.717) is 47.5 Å². The summed E-state index contributed by atoms with van der Waals surface area (Å²) in [7, 11) is 0. The first-order valence-corrected chi connectivity index (χ1v) is 9.55. The number of nitrogens with one attached hydrogen (secondary N) is 2. The molecular formula is C21H23Cl2N5. The number of nitrogens with two attached hydrogens (primary N) is 1. The van der Waals surface area contributed by atoms with Crippen LogP contribution in [-0.2, 0) is 13.0 Å². The average molecular weight is 416 g/mol. The predicted molar refractivity (Wildman–Crippen MR) is 119 cm³/mol. The SMILES string of the molecule is N=C(CCC=N/C=C\N)N(Cc1ccc(Cl)c(Cl)c1)C(=N)Cc1ccccc1. The van der Waals surface area contributed by atoms with Gasteiger partial charge in [-0.2, -0.15) is 0 Å². The molecule has 0 fully saturated rings. The van der Waals surface area contributed by atoms with E-state index in [1.807, 2.05) is 36.4 Å². The van der Waals surface area contributed by atoms with Gasteiger partial charge in [0, 0.05) is 31.5 Å². The molecule has 2 rings (SSSR count). The monoisotopic (exact) mass is 415 g/mol. The molecule has 7 heteroatoms. The van der Waals surface area contributed by atoms with E-state index >= 15 is 0 Å². The molecule has 28 heavy (non-hydrogen) atoms. The highest BCUT2D eigenvalue weighted by Gasteiger charge is 2.16. The Hall–Kier alpha value is -2.63. The molecule has 0 amide bonds. The maximum Gasteiger partial charge on any atom is 0.106 e. The summed E-state index contributed by atoms with van der Waals surface area (Å²) in [4.78, 5) is 5.70. The van der Waals surface area contributed by atoms with Crippen LogP contribution in [0.4, 0.5) is 0 Å². The molecule has 0 bridgehead atoms. The van der Waals surface area contributed by atoms with Crippen molar-refractivity contribution in [3.63, 3.8) is 0 Å². The van der Waals surface area contributed by atoms with Crippen molar-refractivity contribution < 1.29 is 0 Å². The third-order valence-corrected chi connectivity index (χ3v) is 4.72. The van der Waals surface area contributed by atoms with Crippen LogP contribution in [-0.4, -0.2) is 22.8 Å². The van der Waals surface area contributed by atoms with Crippen LogP contribution in [0, 0.1) is 10.8 Å². The fraction of sp³-hybridized carbons (Fsp3) is 0.190. The Morgan fingerprint density at radius 2 is 1.75 bits per heavy atom. The van der Waals surface area contributed by atoms with Gasteiger partial charge in [-0.25, -0.2) is 0 Å². The molecule has 0 aliphatic heterocycles. The molecule has 0 unspecified atom stereocenters. The molecule has 0 atom stereocenters. The molecule has 2 aromatic carbocycles. The minimum atomic E-state index is 0.343. The summed E-state index contributed by atoms with van der Waals surface area (Å²) in [6.45, 7) is 0.376. The molecule has 0 heterocycles. The van der Waals surface area contributed by atoms with E-state index in [1.165, 1.54) is 12.4 Å². The molecule has 5 nitrogen and oxygen atoms in total. The Morgan fingerprint density at radius 3 is 2.43 bits per heavy atom. The molecule has 146 valence electrons. The first kappa shape index (κ1) is 21.7. The van der Waals surface area contributed by atoms with E-state index in [-0.39, 0.29) is 0 Å². The molecule has 0 saturated heterocycles. The van der Waals surface area contributed by atoms with Crippen molar-refractivity contribution in [2.24, 2.45) is 10.7 Å². The lowest BCUT2D eigenvalue weighted by Crippen LogP contribution is -2.36. The van der Waals surface area contributed by atoms with Crippen LogP contribution in [0.1, 0.15) is 24.0 Å². The molecule has 0 radical (unpaired) electrons. The lowest BCUT2D eigenvalue weighted by atomic mass is 10.1. The highest BCUT2D eigenvalue weighted by Crippen LogP contribution is 2.23. The summed E-state index contributed by atoms with van der Waals surface area (Å²) in [5, 5.41) is 18.0. The summed E-state index contributed by atoms with van der Waals surface area (Å²) in [6.07, 6.45) is 6.03. The van der Waals surface area contributed by atoms with Crippen molar-refractivity contribution in [3.05, 3.63) is 82.1 Å². The lowest BCUT2D eigenvalue weighted by Gasteiger charge is -2.26. The molecule has 4 N–H and O–H groups in total. The Kier molecular flexibility index (Phi) is 8.72. The van der Waals surface area contributed by atoms with Crippen molar-refractivity contribution in [3.8, 4) is 0 Å². The van der Waals surface area contributed by atoms with Gasteiger partial charge in [-0.3, -0.25) is 15.8 Å². The van der Waals surface area contributed by atoms with Crippen LogP contribution in [0.15, 0.2) is 65.9 Å². The van der Waals surface area contributed by atoms with Crippen LogP contribution in [0.25, 0.3) is 0 Å². The van der Waals surface area contributed by atoms with E-state index in [4.69, 9.17) is 39.8 Å². The number of benzene rings is 2. The zero-order chi connectivity index (χ0) is 20.4. The van der Waals surface area contributed by atoms with Crippen molar-refractivity contribution in [2.75, 3.05) is 0 Å². The number of halogens is 2. The van der Waals surface area contributed by atoms with Gasteiger partial charge in [-0.1, -0.05) is 59.6 Å². The fourth-order valence-corrected chi connectivity index (χ4v) is 2.90. The molecular weight excluding hydrogens is 393 g/mol. The van der Waals surface area contributed by atoms with Gasteiger partial charge in [0.15, 0.2) is 0 Å². The standard InChI is InChI=1S/C21H23Cl2N5/c22-18-9-8-17(13-19(18)23)15-28(20(25)7-4-11-27-12-10-24)21(26)14-16-5-2-1-3-6-16/h1-3,5-6,8-13,25-26H,4,7,14-15,24H2/b12-10-,25-20?,26-21?,27-11?. The molecule has 0 aromatic heterocycles. The van der Waals surface area contributed by atoms with Crippen molar-refractivity contribution in [1.29, 1.82) is 10.8 Å². The minimum Gasteiger partial charge on any atom is -0.403 e. The number of hydrogen-bond donors (Lipinski definition) is 3. The third kappa shape index (κ3) is 6.83. The summed E-state index contributed by atoms with van der Waals surface area (Å²) in [6, 6.07) is 15.1. The maximum absolute atomic E-state index is 8.57. The van der Waals surface area contributed by atoms with Crippen LogP contribution in [0.2, 0.25) is 10.0 Å². The normalized spacial score (nSPS) is 11.2. The van der Waals surface area contributed by atoms with Gasteiger partial charge in [0.1, 0.15) is 11.7 Å². The first-order chi connectivity index (χ1) is 13.5. The Bertz CT molecular complexity index is 862. The first-order valence-electron chi connectivity index (χ1n) is 8.80. The van der Waals surface area contributed by atoms with Gasteiger partial charge >= 0.3 is 0 Å². The molecule has 0 spiro atoms. The van der Waals surface area contributed by atoms with E-state index < -0.39 is 0 Å². The van der Waals surface area contributed by atoms with Gasteiger partial charge in [-0.05, 0) is 29.7 Å². The minimum absolute atomic E-state index is 0.343.